The highest BCUT2D eigenvalue weighted by Crippen LogP contribution is 2.22. The van der Waals surface area contributed by atoms with Crippen molar-refractivity contribution in [3.63, 3.8) is 0 Å². The summed E-state index contributed by atoms with van der Waals surface area (Å²) in [5.41, 5.74) is 2.78. The van der Waals surface area contributed by atoms with Crippen molar-refractivity contribution in [2.75, 3.05) is 0 Å². The number of nitrogens with zero attached hydrogens (tertiary/aromatic N) is 2. The van der Waals surface area contributed by atoms with Crippen LogP contribution in [0.15, 0.2) is 24.4 Å². The molecule has 2 rings (SSSR count). The van der Waals surface area contributed by atoms with Gasteiger partial charge in [0, 0.05) is 30.9 Å². The lowest BCUT2D eigenvalue weighted by molar-refractivity contribution is 0.479. The predicted octanol–water partition coefficient (Wildman–Crippen LogP) is 3.42. The number of halogens is 2. The first-order valence-electron chi connectivity index (χ1n) is 6.59. The fourth-order valence-corrected chi connectivity index (χ4v) is 2.39. The molecule has 20 heavy (non-hydrogen) atoms. The second kappa shape index (κ2) is 5.71. The molecule has 0 fully saturated rings. The van der Waals surface area contributed by atoms with E-state index >= 15 is 0 Å². The molecule has 0 saturated carbocycles. The number of benzene rings is 1. The zero-order chi connectivity index (χ0) is 14.9. The summed E-state index contributed by atoms with van der Waals surface area (Å²) in [5.74, 6) is -1.64. The molecule has 0 spiro atoms. The minimum Gasteiger partial charge on any atom is -0.304 e. The van der Waals surface area contributed by atoms with Gasteiger partial charge in [0.15, 0.2) is 11.6 Å². The maximum absolute atomic E-state index is 13.3. The first-order valence-corrected chi connectivity index (χ1v) is 6.59. The van der Waals surface area contributed by atoms with Crippen molar-refractivity contribution in [1.29, 1.82) is 0 Å². The first-order chi connectivity index (χ1) is 9.38. The van der Waals surface area contributed by atoms with Crippen LogP contribution in [0.2, 0.25) is 0 Å². The van der Waals surface area contributed by atoms with Crippen molar-refractivity contribution in [2.45, 2.75) is 32.9 Å². The Bertz CT molecular complexity index is 607. The fourth-order valence-electron chi connectivity index (χ4n) is 2.39. The molecule has 2 atom stereocenters. The van der Waals surface area contributed by atoms with E-state index in [0.717, 1.165) is 22.9 Å². The van der Waals surface area contributed by atoms with E-state index in [2.05, 4.69) is 10.4 Å². The van der Waals surface area contributed by atoms with E-state index in [1.807, 2.05) is 34.0 Å². The maximum Gasteiger partial charge on any atom is 0.159 e. The monoisotopic (exact) mass is 279 g/mol. The summed E-state index contributed by atoms with van der Waals surface area (Å²) in [6.07, 6.45) is 1.96. The van der Waals surface area contributed by atoms with E-state index in [0.29, 0.717) is 0 Å². The molecule has 5 heteroatoms. The molecule has 2 unspecified atom stereocenters. The number of rotatable bonds is 4. The Kier molecular flexibility index (Phi) is 4.18. The number of nitrogens with one attached hydrogen (secondary N) is 1. The summed E-state index contributed by atoms with van der Waals surface area (Å²) in [6, 6.07) is 3.98. The van der Waals surface area contributed by atoms with Gasteiger partial charge in [0.1, 0.15) is 0 Å². The van der Waals surface area contributed by atoms with Gasteiger partial charge in [-0.3, -0.25) is 4.68 Å². The van der Waals surface area contributed by atoms with Gasteiger partial charge in [-0.1, -0.05) is 6.07 Å². The largest absolute Gasteiger partial charge is 0.304 e. The van der Waals surface area contributed by atoms with Crippen molar-refractivity contribution >= 4 is 0 Å². The van der Waals surface area contributed by atoms with E-state index < -0.39 is 11.6 Å². The molecule has 1 aromatic carbocycles. The van der Waals surface area contributed by atoms with Crippen LogP contribution in [-0.4, -0.2) is 9.78 Å². The minimum atomic E-state index is -0.822. The normalized spacial score (nSPS) is 14.3. The smallest absolute Gasteiger partial charge is 0.159 e. The first kappa shape index (κ1) is 14.7. The average Bonchev–Trinajstić information content (AvgIpc) is 2.71. The molecular weight excluding hydrogens is 260 g/mol. The molecule has 2 aromatic rings. The van der Waals surface area contributed by atoms with Gasteiger partial charge < -0.3 is 5.32 Å². The standard InChI is InChI=1S/C15H19F2N3/c1-9(12-5-6-14(16)15(17)7-12)18-10(2)13-8-20(4)19-11(13)3/h5-10,18H,1-4H3. The molecular formula is C15H19F2N3. The molecule has 0 aliphatic rings. The molecule has 108 valence electrons. The van der Waals surface area contributed by atoms with Crippen LogP contribution >= 0.6 is 0 Å². The van der Waals surface area contributed by atoms with Gasteiger partial charge in [-0.25, -0.2) is 8.78 Å². The molecule has 0 aliphatic heterocycles. The third kappa shape index (κ3) is 3.04. The van der Waals surface area contributed by atoms with E-state index in [4.69, 9.17) is 0 Å². The molecule has 3 nitrogen and oxygen atoms in total. The van der Waals surface area contributed by atoms with Crippen LogP contribution in [0.25, 0.3) is 0 Å². The van der Waals surface area contributed by atoms with Crippen molar-refractivity contribution < 1.29 is 8.78 Å². The molecule has 1 aromatic heterocycles. The molecule has 1 heterocycles. The Morgan fingerprint density at radius 1 is 1.15 bits per heavy atom. The fraction of sp³-hybridized carbons (Fsp3) is 0.400. The van der Waals surface area contributed by atoms with Crippen LogP contribution in [0.4, 0.5) is 8.78 Å². The summed E-state index contributed by atoms with van der Waals surface area (Å²) in [6.45, 7) is 5.91. The van der Waals surface area contributed by atoms with Crippen molar-refractivity contribution in [3.8, 4) is 0 Å². The third-order valence-corrected chi connectivity index (χ3v) is 3.46. The van der Waals surface area contributed by atoms with E-state index in [1.54, 1.807) is 10.7 Å². The van der Waals surface area contributed by atoms with Gasteiger partial charge in [0.25, 0.3) is 0 Å². The maximum atomic E-state index is 13.3. The Morgan fingerprint density at radius 3 is 2.40 bits per heavy atom. The lowest BCUT2D eigenvalue weighted by Crippen LogP contribution is -2.23. The highest BCUT2D eigenvalue weighted by Gasteiger charge is 2.16. The van der Waals surface area contributed by atoms with Crippen molar-refractivity contribution in [1.82, 2.24) is 15.1 Å². The molecule has 1 N–H and O–H groups in total. The summed E-state index contributed by atoms with van der Waals surface area (Å²) in [7, 11) is 1.88. The highest BCUT2D eigenvalue weighted by atomic mass is 19.2. The zero-order valence-electron chi connectivity index (χ0n) is 12.1. The SMILES string of the molecule is Cc1nn(C)cc1C(C)NC(C)c1ccc(F)c(F)c1. The van der Waals surface area contributed by atoms with Crippen LogP contribution in [0.5, 0.6) is 0 Å². The topological polar surface area (TPSA) is 29.9 Å². The van der Waals surface area contributed by atoms with Gasteiger partial charge in [-0.05, 0) is 38.5 Å². The van der Waals surface area contributed by atoms with Crippen LogP contribution in [0.3, 0.4) is 0 Å². The Balaban J connectivity index is 2.12. The molecule has 0 bridgehead atoms. The Hall–Kier alpha value is -1.75. The number of aromatic nitrogens is 2. The van der Waals surface area contributed by atoms with Crippen LogP contribution in [-0.2, 0) is 7.05 Å². The van der Waals surface area contributed by atoms with E-state index in [9.17, 15) is 8.78 Å². The number of hydrogen-bond acceptors (Lipinski definition) is 2. The highest BCUT2D eigenvalue weighted by molar-refractivity contribution is 5.23. The molecule has 0 amide bonds. The second-order valence-corrected chi connectivity index (χ2v) is 5.13. The third-order valence-electron chi connectivity index (χ3n) is 3.46. The van der Waals surface area contributed by atoms with E-state index in [-0.39, 0.29) is 12.1 Å². The average molecular weight is 279 g/mol. The van der Waals surface area contributed by atoms with Crippen LogP contribution in [0, 0.1) is 18.6 Å². The van der Waals surface area contributed by atoms with Crippen LogP contribution < -0.4 is 5.32 Å². The van der Waals surface area contributed by atoms with Crippen molar-refractivity contribution in [2.24, 2.45) is 7.05 Å². The lowest BCUT2D eigenvalue weighted by Gasteiger charge is -2.20. The summed E-state index contributed by atoms with van der Waals surface area (Å²) in [5, 5.41) is 7.68. The van der Waals surface area contributed by atoms with Gasteiger partial charge in [-0.15, -0.1) is 0 Å². The van der Waals surface area contributed by atoms with E-state index in [1.165, 1.54) is 6.07 Å². The summed E-state index contributed by atoms with van der Waals surface area (Å²) in [4.78, 5) is 0. The van der Waals surface area contributed by atoms with Gasteiger partial charge in [0.2, 0.25) is 0 Å². The molecule has 0 aliphatic carbocycles. The van der Waals surface area contributed by atoms with Gasteiger partial charge >= 0.3 is 0 Å². The van der Waals surface area contributed by atoms with Crippen molar-refractivity contribution in [3.05, 3.63) is 52.9 Å². The van der Waals surface area contributed by atoms with Gasteiger partial charge in [0.05, 0.1) is 5.69 Å². The molecule has 0 saturated heterocycles. The number of hydrogen-bond donors (Lipinski definition) is 1. The second-order valence-electron chi connectivity index (χ2n) is 5.13. The van der Waals surface area contributed by atoms with Gasteiger partial charge in [-0.2, -0.15) is 5.10 Å². The zero-order valence-corrected chi connectivity index (χ0v) is 12.1. The summed E-state index contributed by atoms with van der Waals surface area (Å²) < 4.78 is 28.0. The van der Waals surface area contributed by atoms with Crippen LogP contribution in [0.1, 0.15) is 42.8 Å². The Labute approximate surface area is 117 Å². The summed E-state index contributed by atoms with van der Waals surface area (Å²) >= 11 is 0. The Morgan fingerprint density at radius 2 is 1.85 bits per heavy atom. The lowest BCUT2D eigenvalue weighted by atomic mass is 10.0. The quantitative estimate of drug-likeness (QED) is 0.929. The number of aryl methyl sites for hydroxylation is 2. The minimum absolute atomic E-state index is 0.0758. The predicted molar refractivity (Wildman–Crippen MR) is 74.3 cm³/mol. The molecule has 0 radical (unpaired) electrons.